The predicted octanol–water partition coefficient (Wildman–Crippen LogP) is 2.82. The first-order chi connectivity index (χ1) is 8.83. The maximum atomic E-state index is 12.6. The van der Waals surface area contributed by atoms with Gasteiger partial charge in [0.1, 0.15) is 6.04 Å². The summed E-state index contributed by atoms with van der Waals surface area (Å²) in [5.41, 5.74) is -0.388. The van der Waals surface area contributed by atoms with Crippen molar-refractivity contribution in [1.82, 2.24) is 5.32 Å². The van der Waals surface area contributed by atoms with Crippen LogP contribution >= 0.6 is 0 Å². The lowest BCUT2D eigenvalue weighted by Gasteiger charge is -2.42. The molecule has 2 N–H and O–H groups in total. The number of carbonyl (C=O) groups excluding carboxylic acids is 1. The number of amides is 1. The summed E-state index contributed by atoms with van der Waals surface area (Å²) in [6.07, 6.45) is 4.38. The van der Waals surface area contributed by atoms with Gasteiger partial charge in [-0.1, -0.05) is 40.5 Å². The zero-order chi connectivity index (χ0) is 14.6. The van der Waals surface area contributed by atoms with E-state index in [4.69, 9.17) is 5.11 Å². The van der Waals surface area contributed by atoms with Crippen LogP contribution in [-0.2, 0) is 9.59 Å². The Bertz CT molecular complexity index is 340. The van der Waals surface area contributed by atoms with Crippen molar-refractivity contribution >= 4 is 11.9 Å². The van der Waals surface area contributed by atoms with Crippen LogP contribution in [0.2, 0.25) is 0 Å². The Labute approximate surface area is 116 Å². The van der Waals surface area contributed by atoms with Gasteiger partial charge in [0.05, 0.1) is 5.41 Å². The molecular formula is C15H27NO3. The molecule has 1 rings (SSSR count). The van der Waals surface area contributed by atoms with E-state index in [1.807, 2.05) is 0 Å². The molecule has 19 heavy (non-hydrogen) atoms. The van der Waals surface area contributed by atoms with E-state index in [0.717, 1.165) is 25.7 Å². The van der Waals surface area contributed by atoms with E-state index >= 15 is 0 Å². The minimum atomic E-state index is -0.946. The van der Waals surface area contributed by atoms with Gasteiger partial charge in [0, 0.05) is 0 Å². The second kappa shape index (κ2) is 6.40. The van der Waals surface area contributed by atoms with Gasteiger partial charge in [0.15, 0.2) is 0 Å². The molecular weight excluding hydrogens is 242 g/mol. The molecule has 1 amide bonds. The van der Waals surface area contributed by atoms with Crippen molar-refractivity contribution in [2.24, 2.45) is 17.3 Å². The van der Waals surface area contributed by atoms with Gasteiger partial charge in [-0.05, 0) is 31.1 Å². The molecule has 0 heterocycles. The van der Waals surface area contributed by atoms with Crippen LogP contribution in [0.15, 0.2) is 0 Å². The van der Waals surface area contributed by atoms with Crippen molar-refractivity contribution in [2.75, 3.05) is 0 Å². The van der Waals surface area contributed by atoms with E-state index in [2.05, 4.69) is 26.1 Å². The lowest BCUT2D eigenvalue weighted by Crippen LogP contribution is -2.52. The second-order valence-electron chi connectivity index (χ2n) is 6.28. The molecule has 0 radical (unpaired) electrons. The molecule has 0 aromatic rings. The van der Waals surface area contributed by atoms with Crippen LogP contribution in [0.1, 0.15) is 59.8 Å². The van der Waals surface area contributed by atoms with Crippen LogP contribution in [0.5, 0.6) is 0 Å². The van der Waals surface area contributed by atoms with Crippen LogP contribution in [-0.4, -0.2) is 23.0 Å². The highest BCUT2D eigenvalue weighted by Gasteiger charge is 2.44. The van der Waals surface area contributed by atoms with Gasteiger partial charge >= 0.3 is 5.97 Å². The van der Waals surface area contributed by atoms with Gasteiger partial charge in [0.2, 0.25) is 5.91 Å². The zero-order valence-corrected chi connectivity index (χ0v) is 12.5. The molecule has 0 bridgehead atoms. The van der Waals surface area contributed by atoms with E-state index in [1.165, 1.54) is 0 Å². The maximum absolute atomic E-state index is 12.6. The second-order valence-corrected chi connectivity index (χ2v) is 6.28. The highest BCUT2D eigenvalue weighted by Crippen LogP contribution is 2.45. The first kappa shape index (κ1) is 16.0. The minimum absolute atomic E-state index is 0.0664. The average Bonchev–Trinajstić information content (AvgIpc) is 2.34. The van der Waals surface area contributed by atoms with Crippen LogP contribution in [0.4, 0.5) is 0 Å². The number of carboxylic acid groups (broad SMARTS) is 1. The van der Waals surface area contributed by atoms with Gasteiger partial charge in [-0.3, -0.25) is 4.79 Å². The van der Waals surface area contributed by atoms with E-state index < -0.39 is 12.0 Å². The largest absolute Gasteiger partial charge is 0.480 e. The van der Waals surface area contributed by atoms with Crippen molar-refractivity contribution < 1.29 is 14.7 Å². The molecule has 3 unspecified atom stereocenters. The molecule has 0 aromatic carbocycles. The Kier molecular flexibility index (Phi) is 5.39. The lowest BCUT2D eigenvalue weighted by molar-refractivity contribution is -0.146. The average molecular weight is 269 g/mol. The summed E-state index contributed by atoms with van der Waals surface area (Å²) < 4.78 is 0. The fourth-order valence-electron chi connectivity index (χ4n) is 3.23. The molecule has 1 saturated carbocycles. The summed E-state index contributed by atoms with van der Waals surface area (Å²) in [5, 5.41) is 11.8. The van der Waals surface area contributed by atoms with E-state index in [-0.39, 0.29) is 17.2 Å². The third-order valence-electron chi connectivity index (χ3n) is 4.60. The summed E-state index contributed by atoms with van der Waals surface area (Å²) in [7, 11) is 0. The summed E-state index contributed by atoms with van der Waals surface area (Å²) in [5.74, 6) is -0.240. The van der Waals surface area contributed by atoms with Crippen LogP contribution in [0.25, 0.3) is 0 Å². The smallest absolute Gasteiger partial charge is 0.326 e. The van der Waals surface area contributed by atoms with Gasteiger partial charge in [-0.25, -0.2) is 4.79 Å². The Morgan fingerprint density at radius 1 is 1.42 bits per heavy atom. The first-order valence-electron chi connectivity index (χ1n) is 7.37. The van der Waals surface area contributed by atoms with Crippen LogP contribution in [0.3, 0.4) is 0 Å². The van der Waals surface area contributed by atoms with Crippen molar-refractivity contribution in [1.29, 1.82) is 0 Å². The number of nitrogens with one attached hydrogen (secondary N) is 1. The zero-order valence-electron chi connectivity index (χ0n) is 12.5. The quantitative estimate of drug-likeness (QED) is 0.806. The van der Waals surface area contributed by atoms with E-state index in [1.54, 1.807) is 6.92 Å². The molecule has 1 fully saturated rings. The molecule has 1 aliphatic carbocycles. The number of hydrogen-bond acceptors (Lipinski definition) is 2. The highest BCUT2D eigenvalue weighted by molar-refractivity contribution is 5.87. The summed E-state index contributed by atoms with van der Waals surface area (Å²) in [6, 6.07) is -0.764. The topological polar surface area (TPSA) is 66.4 Å². The third kappa shape index (κ3) is 3.48. The number of carboxylic acids is 1. The fourth-order valence-corrected chi connectivity index (χ4v) is 3.23. The number of carbonyl (C=O) groups is 2. The van der Waals surface area contributed by atoms with Gasteiger partial charge in [-0.2, -0.15) is 0 Å². The SMILES string of the molecule is CCC(NC(=O)C1(C(C)C)CCCC(C)C1)C(=O)O. The standard InChI is InChI=1S/C15H27NO3/c1-5-12(13(17)18)16-14(19)15(10(2)3)8-6-7-11(4)9-15/h10-12H,5-9H2,1-4H3,(H,16,19)(H,17,18). The number of hydrogen-bond donors (Lipinski definition) is 2. The Balaban J connectivity index is 2.87. The Morgan fingerprint density at radius 3 is 2.47 bits per heavy atom. The summed E-state index contributed by atoms with van der Waals surface area (Å²) in [4.78, 5) is 23.7. The molecule has 0 saturated heterocycles. The first-order valence-corrected chi connectivity index (χ1v) is 7.37. The van der Waals surface area contributed by atoms with Crippen LogP contribution < -0.4 is 5.32 Å². The maximum Gasteiger partial charge on any atom is 0.326 e. The molecule has 110 valence electrons. The van der Waals surface area contributed by atoms with Crippen molar-refractivity contribution in [2.45, 2.75) is 65.8 Å². The van der Waals surface area contributed by atoms with Crippen molar-refractivity contribution in [3.05, 3.63) is 0 Å². The fraction of sp³-hybridized carbons (Fsp3) is 0.867. The van der Waals surface area contributed by atoms with Crippen molar-refractivity contribution in [3.63, 3.8) is 0 Å². The predicted molar refractivity (Wildman–Crippen MR) is 74.8 cm³/mol. The van der Waals surface area contributed by atoms with Gasteiger partial charge < -0.3 is 10.4 Å². The van der Waals surface area contributed by atoms with Crippen LogP contribution in [0, 0.1) is 17.3 Å². The molecule has 0 spiro atoms. The summed E-state index contributed by atoms with van der Waals surface area (Å²) >= 11 is 0. The molecule has 0 aliphatic heterocycles. The van der Waals surface area contributed by atoms with E-state index in [0.29, 0.717) is 12.3 Å². The molecule has 4 nitrogen and oxygen atoms in total. The highest BCUT2D eigenvalue weighted by atomic mass is 16.4. The van der Waals surface area contributed by atoms with Gasteiger partial charge in [-0.15, -0.1) is 0 Å². The molecule has 4 heteroatoms. The Hall–Kier alpha value is -1.06. The number of aliphatic carboxylic acids is 1. The summed E-state index contributed by atoms with van der Waals surface area (Å²) in [6.45, 7) is 8.10. The monoisotopic (exact) mass is 269 g/mol. The van der Waals surface area contributed by atoms with E-state index in [9.17, 15) is 9.59 Å². The number of rotatable bonds is 5. The third-order valence-corrected chi connectivity index (χ3v) is 4.60. The molecule has 3 atom stereocenters. The molecule has 1 aliphatic rings. The lowest BCUT2D eigenvalue weighted by atomic mass is 9.63. The molecule has 0 aromatic heterocycles. The van der Waals surface area contributed by atoms with Crippen molar-refractivity contribution in [3.8, 4) is 0 Å². The Morgan fingerprint density at radius 2 is 2.05 bits per heavy atom. The van der Waals surface area contributed by atoms with Gasteiger partial charge in [0.25, 0.3) is 0 Å². The normalized spacial score (nSPS) is 29.0. The minimum Gasteiger partial charge on any atom is -0.480 e.